The van der Waals surface area contributed by atoms with Crippen molar-refractivity contribution in [3.05, 3.63) is 65.9 Å². The highest BCUT2D eigenvalue weighted by Crippen LogP contribution is 2.19. The number of aryl methyl sites for hydroxylation is 1. The van der Waals surface area contributed by atoms with Crippen LogP contribution < -0.4 is 15.0 Å². The topological polar surface area (TPSA) is 83.5 Å². The number of piperazine rings is 1. The molecule has 3 aromatic rings. The lowest BCUT2D eigenvalue weighted by Gasteiger charge is -2.35. The highest BCUT2D eigenvalue weighted by Gasteiger charge is 2.23. The Labute approximate surface area is 175 Å². The molecule has 1 aliphatic heterocycles. The smallest absolute Gasteiger partial charge is 0.254 e. The van der Waals surface area contributed by atoms with Crippen molar-refractivity contribution in [3.63, 3.8) is 0 Å². The van der Waals surface area contributed by atoms with Crippen LogP contribution in [-0.4, -0.2) is 59.3 Å². The Morgan fingerprint density at radius 3 is 2.47 bits per heavy atom. The standard InChI is InChI=1S/C22H24N6O2/c1-16-5-3-8-19(23-16)24-20-9-10-21(26-25-20)27-11-13-28(14-12-27)22(29)17-6-4-7-18(15-17)30-2/h3-10,15H,11-14H2,1-2H3,(H,23,24,25). The molecule has 0 unspecified atom stereocenters. The quantitative estimate of drug-likeness (QED) is 0.700. The zero-order chi connectivity index (χ0) is 20.9. The van der Waals surface area contributed by atoms with Gasteiger partial charge in [0.25, 0.3) is 5.91 Å². The van der Waals surface area contributed by atoms with Crippen molar-refractivity contribution >= 4 is 23.4 Å². The number of aromatic nitrogens is 3. The first-order chi connectivity index (χ1) is 14.6. The fourth-order valence-corrected chi connectivity index (χ4v) is 3.38. The third-order valence-corrected chi connectivity index (χ3v) is 5.00. The Kier molecular flexibility index (Phi) is 5.74. The fraction of sp³-hybridized carbons (Fsp3) is 0.273. The molecule has 1 aromatic carbocycles. The van der Waals surface area contributed by atoms with E-state index in [1.807, 2.05) is 60.4 Å². The third kappa shape index (κ3) is 4.48. The average Bonchev–Trinajstić information content (AvgIpc) is 2.79. The number of carbonyl (C=O) groups is 1. The zero-order valence-corrected chi connectivity index (χ0v) is 17.1. The minimum absolute atomic E-state index is 0.0184. The molecule has 1 fully saturated rings. The predicted octanol–water partition coefficient (Wildman–Crippen LogP) is 2.89. The molecule has 0 atom stereocenters. The summed E-state index contributed by atoms with van der Waals surface area (Å²) in [7, 11) is 1.60. The minimum atomic E-state index is 0.0184. The monoisotopic (exact) mass is 404 g/mol. The number of benzene rings is 1. The maximum absolute atomic E-state index is 12.8. The van der Waals surface area contributed by atoms with Crippen LogP contribution in [0.3, 0.4) is 0 Å². The first-order valence-electron chi connectivity index (χ1n) is 9.85. The van der Waals surface area contributed by atoms with Gasteiger partial charge in [-0.2, -0.15) is 0 Å². The number of hydrogen-bond donors (Lipinski definition) is 1. The van der Waals surface area contributed by atoms with Gasteiger partial charge in [-0.15, -0.1) is 10.2 Å². The lowest BCUT2D eigenvalue weighted by molar-refractivity contribution is 0.0746. The van der Waals surface area contributed by atoms with Crippen LogP contribution in [0.5, 0.6) is 5.75 Å². The zero-order valence-electron chi connectivity index (χ0n) is 17.1. The molecular formula is C22H24N6O2. The van der Waals surface area contributed by atoms with Gasteiger partial charge in [-0.05, 0) is 49.4 Å². The molecule has 2 aromatic heterocycles. The molecular weight excluding hydrogens is 380 g/mol. The van der Waals surface area contributed by atoms with E-state index in [9.17, 15) is 4.79 Å². The number of nitrogens with one attached hydrogen (secondary N) is 1. The van der Waals surface area contributed by atoms with Crippen LogP contribution in [0.4, 0.5) is 17.5 Å². The van der Waals surface area contributed by atoms with Crippen molar-refractivity contribution in [2.75, 3.05) is 43.5 Å². The Bertz CT molecular complexity index is 1020. The molecule has 30 heavy (non-hydrogen) atoms. The van der Waals surface area contributed by atoms with Gasteiger partial charge in [0, 0.05) is 37.4 Å². The second-order valence-electron chi connectivity index (χ2n) is 7.08. The van der Waals surface area contributed by atoms with Crippen LogP contribution in [0.25, 0.3) is 0 Å². The van der Waals surface area contributed by atoms with Crippen LogP contribution >= 0.6 is 0 Å². The fourth-order valence-electron chi connectivity index (χ4n) is 3.38. The second-order valence-corrected chi connectivity index (χ2v) is 7.08. The second kappa shape index (κ2) is 8.77. The number of carbonyl (C=O) groups excluding carboxylic acids is 1. The predicted molar refractivity (Wildman–Crippen MR) is 115 cm³/mol. The first kappa shape index (κ1) is 19.6. The van der Waals surface area contributed by atoms with E-state index >= 15 is 0 Å². The molecule has 1 aliphatic rings. The largest absolute Gasteiger partial charge is 0.497 e. The maximum atomic E-state index is 12.8. The van der Waals surface area contributed by atoms with Gasteiger partial charge in [0.15, 0.2) is 11.6 Å². The van der Waals surface area contributed by atoms with Gasteiger partial charge in [-0.25, -0.2) is 4.98 Å². The van der Waals surface area contributed by atoms with Gasteiger partial charge >= 0.3 is 0 Å². The Balaban J connectivity index is 1.35. The Morgan fingerprint density at radius 1 is 0.967 bits per heavy atom. The van der Waals surface area contributed by atoms with E-state index in [0.717, 1.165) is 17.3 Å². The summed E-state index contributed by atoms with van der Waals surface area (Å²) in [5, 5.41) is 11.8. The SMILES string of the molecule is COc1cccc(C(=O)N2CCN(c3ccc(Nc4cccc(C)n4)nn3)CC2)c1. The van der Waals surface area contributed by atoms with Crippen molar-refractivity contribution in [2.45, 2.75) is 6.92 Å². The van der Waals surface area contributed by atoms with Crippen LogP contribution in [0, 0.1) is 6.92 Å². The number of rotatable bonds is 5. The molecule has 0 bridgehead atoms. The Hall–Kier alpha value is -3.68. The van der Waals surface area contributed by atoms with Crippen molar-refractivity contribution in [2.24, 2.45) is 0 Å². The molecule has 8 nitrogen and oxygen atoms in total. The third-order valence-electron chi connectivity index (χ3n) is 5.00. The summed E-state index contributed by atoms with van der Waals surface area (Å²) in [6.45, 7) is 4.61. The van der Waals surface area contributed by atoms with Gasteiger partial charge in [0.2, 0.25) is 0 Å². The number of hydrogen-bond acceptors (Lipinski definition) is 7. The van der Waals surface area contributed by atoms with E-state index in [1.165, 1.54) is 0 Å². The highest BCUT2D eigenvalue weighted by atomic mass is 16.5. The van der Waals surface area contributed by atoms with Gasteiger partial charge in [-0.3, -0.25) is 4.79 Å². The summed E-state index contributed by atoms with van der Waals surface area (Å²) < 4.78 is 5.22. The number of amides is 1. The minimum Gasteiger partial charge on any atom is -0.497 e. The van der Waals surface area contributed by atoms with Gasteiger partial charge in [0.1, 0.15) is 11.6 Å². The lowest BCUT2D eigenvalue weighted by Crippen LogP contribution is -2.49. The van der Waals surface area contributed by atoms with E-state index in [1.54, 1.807) is 13.2 Å². The Morgan fingerprint density at radius 2 is 1.77 bits per heavy atom. The molecule has 0 radical (unpaired) electrons. The first-order valence-corrected chi connectivity index (χ1v) is 9.85. The summed E-state index contributed by atoms with van der Waals surface area (Å²) >= 11 is 0. The van der Waals surface area contributed by atoms with Crippen LogP contribution in [0.1, 0.15) is 16.1 Å². The normalized spacial score (nSPS) is 13.8. The summed E-state index contributed by atoms with van der Waals surface area (Å²) in [5.41, 5.74) is 1.58. The molecule has 154 valence electrons. The average molecular weight is 404 g/mol. The molecule has 4 rings (SSSR count). The number of anilines is 3. The summed E-state index contributed by atoms with van der Waals surface area (Å²) in [4.78, 5) is 21.2. The van der Waals surface area contributed by atoms with Crippen molar-refractivity contribution in [1.29, 1.82) is 0 Å². The van der Waals surface area contributed by atoms with E-state index in [4.69, 9.17) is 4.74 Å². The van der Waals surface area contributed by atoms with E-state index in [0.29, 0.717) is 43.3 Å². The van der Waals surface area contributed by atoms with Gasteiger partial charge in [-0.1, -0.05) is 12.1 Å². The maximum Gasteiger partial charge on any atom is 0.254 e. The van der Waals surface area contributed by atoms with Crippen LogP contribution in [0.2, 0.25) is 0 Å². The van der Waals surface area contributed by atoms with Crippen LogP contribution in [0.15, 0.2) is 54.6 Å². The molecule has 1 N–H and O–H groups in total. The number of methoxy groups -OCH3 is 1. The number of ether oxygens (including phenoxy) is 1. The molecule has 1 amide bonds. The van der Waals surface area contributed by atoms with Crippen molar-refractivity contribution in [1.82, 2.24) is 20.1 Å². The van der Waals surface area contributed by atoms with E-state index in [2.05, 4.69) is 25.4 Å². The van der Waals surface area contributed by atoms with E-state index < -0.39 is 0 Å². The lowest BCUT2D eigenvalue weighted by atomic mass is 10.1. The molecule has 8 heteroatoms. The van der Waals surface area contributed by atoms with Crippen molar-refractivity contribution in [3.8, 4) is 5.75 Å². The number of pyridine rings is 1. The summed E-state index contributed by atoms with van der Waals surface area (Å²) in [5.74, 6) is 2.88. The molecule has 0 saturated carbocycles. The molecule has 1 saturated heterocycles. The van der Waals surface area contributed by atoms with Crippen molar-refractivity contribution < 1.29 is 9.53 Å². The molecule has 0 aliphatic carbocycles. The van der Waals surface area contributed by atoms with E-state index in [-0.39, 0.29) is 5.91 Å². The van der Waals surface area contributed by atoms with Gasteiger partial charge < -0.3 is 19.9 Å². The highest BCUT2D eigenvalue weighted by molar-refractivity contribution is 5.94. The molecule has 3 heterocycles. The van der Waals surface area contributed by atoms with Crippen LogP contribution in [-0.2, 0) is 0 Å². The summed E-state index contributed by atoms with van der Waals surface area (Å²) in [6, 6.07) is 16.9. The summed E-state index contributed by atoms with van der Waals surface area (Å²) in [6.07, 6.45) is 0. The molecule has 0 spiro atoms. The van der Waals surface area contributed by atoms with Gasteiger partial charge in [0.05, 0.1) is 7.11 Å². The number of nitrogens with zero attached hydrogens (tertiary/aromatic N) is 5.